The van der Waals surface area contributed by atoms with Crippen LogP contribution in [0.15, 0.2) is 24.3 Å². The number of nitrogens with two attached hydrogens (primary N) is 1. The van der Waals surface area contributed by atoms with Gasteiger partial charge in [0.2, 0.25) is 5.91 Å². The number of piperidine rings is 1. The molecule has 7 nitrogen and oxygen atoms in total. The maximum Gasteiger partial charge on any atom is 0.319 e. The van der Waals surface area contributed by atoms with Crippen molar-refractivity contribution in [3.05, 3.63) is 29.8 Å². The molecule has 4 N–H and O–H groups in total. The van der Waals surface area contributed by atoms with E-state index in [1.807, 2.05) is 36.1 Å². The zero-order valence-electron chi connectivity index (χ0n) is 16.7. The molecule has 28 heavy (non-hydrogen) atoms. The van der Waals surface area contributed by atoms with Crippen LogP contribution in [0, 0.1) is 18.8 Å². The summed E-state index contributed by atoms with van der Waals surface area (Å²) < 4.78 is 5.37. The molecule has 2 aliphatic rings. The molecule has 2 atom stereocenters. The Morgan fingerprint density at radius 1 is 1.21 bits per heavy atom. The lowest BCUT2D eigenvalue weighted by Gasteiger charge is -2.36. The summed E-state index contributed by atoms with van der Waals surface area (Å²) in [7, 11) is 0. The number of anilines is 1. The zero-order valence-corrected chi connectivity index (χ0v) is 16.7. The third-order valence-electron chi connectivity index (χ3n) is 5.75. The maximum absolute atomic E-state index is 12.8. The van der Waals surface area contributed by atoms with Gasteiger partial charge in [0, 0.05) is 38.5 Å². The number of aryl methyl sites for hydroxylation is 1. The number of nitrogens with one attached hydrogen (secondary N) is 2. The molecule has 2 saturated heterocycles. The fourth-order valence-corrected chi connectivity index (χ4v) is 3.97. The molecule has 2 fully saturated rings. The average molecular weight is 389 g/mol. The summed E-state index contributed by atoms with van der Waals surface area (Å²) in [5, 5.41) is 5.77. The number of urea groups is 1. The van der Waals surface area contributed by atoms with Crippen molar-refractivity contribution in [3.8, 4) is 0 Å². The predicted octanol–water partition coefficient (Wildman–Crippen LogP) is 2.11. The molecule has 1 aromatic carbocycles. The fraction of sp³-hybridized carbons (Fsp3) is 0.619. The highest BCUT2D eigenvalue weighted by atomic mass is 16.5. The first-order valence-corrected chi connectivity index (χ1v) is 10.3. The molecular formula is C21H32N4O3. The molecule has 0 bridgehead atoms. The molecule has 3 amide bonds. The third-order valence-corrected chi connectivity index (χ3v) is 5.75. The smallest absolute Gasteiger partial charge is 0.319 e. The van der Waals surface area contributed by atoms with E-state index in [4.69, 9.17) is 10.5 Å². The molecule has 1 aromatic rings. The van der Waals surface area contributed by atoms with Gasteiger partial charge in [0.15, 0.2) is 0 Å². The Bertz CT molecular complexity index is 658. The van der Waals surface area contributed by atoms with Gasteiger partial charge in [0.25, 0.3) is 0 Å². The second-order valence-electron chi connectivity index (χ2n) is 7.97. The second kappa shape index (κ2) is 9.89. The van der Waals surface area contributed by atoms with Gasteiger partial charge in [-0.25, -0.2) is 4.79 Å². The summed E-state index contributed by atoms with van der Waals surface area (Å²) in [5.74, 6) is 0.504. The molecular weight excluding hydrogens is 356 g/mol. The summed E-state index contributed by atoms with van der Waals surface area (Å²) in [6.07, 6.45) is 3.65. The highest BCUT2D eigenvalue weighted by molar-refractivity contribution is 5.89. The summed E-state index contributed by atoms with van der Waals surface area (Å²) in [6, 6.07) is 7.03. The number of nitrogens with zero attached hydrogens (tertiary/aromatic N) is 1. The SMILES string of the molecule is Cc1ccc(NC(=O)NCC2CCCN(C(=O)C(N)C3CCOCC3)C2)cc1. The summed E-state index contributed by atoms with van der Waals surface area (Å²) >= 11 is 0. The van der Waals surface area contributed by atoms with E-state index in [2.05, 4.69) is 10.6 Å². The van der Waals surface area contributed by atoms with Crippen molar-refractivity contribution in [1.29, 1.82) is 0 Å². The fourth-order valence-electron chi connectivity index (χ4n) is 3.97. The standard InChI is InChI=1S/C21H32N4O3/c1-15-4-6-18(7-5-15)24-21(27)23-13-16-3-2-10-25(14-16)20(26)19(22)17-8-11-28-12-9-17/h4-7,16-17,19H,2-3,8-14,22H2,1H3,(H2,23,24,27). The summed E-state index contributed by atoms with van der Waals surface area (Å²) in [4.78, 5) is 26.8. The van der Waals surface area contributed by atoms with Gasteiger partial charge in [0.1, 0.15) is 0 Å². The van der Waals surface area contributed by atoms with Gasteiger partial charge < -0.3 is 26.0 Å². The van der Waals surface area contributed by atoms with Crippen LogP contribution in [0.4, 0.5) is 10.5 Å². The highest BCUT2D eigenvalue weighted by Crippen LogP contribution is 2.22. The molecule has 0 spiro atoms. The van der Waals surface area contributed by atoms with E-state index in [0.29, 0.717) is 26.3 Å². The van der Waals surface area contributed by atoms with Gasteiger partial charge in [-0.2, -0.15) is 0 Å². The Balaban J connectivity index is 1.44. The first-order valence-electron chi connectivity index (χ1n) is 10.3. The minimum atomic E-state index is -0.444. The Morgan fingerprint density at radius 2 is 1.93 bits per heavy atom. The van der Waals surface area contributed by atoms with Crippen LogP contribution in [0.3, 0.4) is 0 Å². The number of hydrogen-bond acceptors (Lipinski definition) is 4. The molecule has 3 rings (SSSR count). The molecule has 2 heterocycles. The van der Waals surface area contributed by atoms with E-state index >= 15 is 0 Å². The Kier molecular flexibility index (Phi) is 7.28. The predicted molar refractivity (Wildman–Crippen MR) is 109 cm³/mol. The van der Waals surface area contributed by atoms with Crippen LogP contribution >= 0.6 is 0 Å². The van der Waals surface area contributed by atoms with Crippen LogP contribution in [0.2, 0.25) is 0 Å². The van der Waals surface area contributed by atoms with Crippen LogP contribution < -0.4 is 16.4 Å². The van der Waals surface area contributed by atoms with Crippen LogP contribution in [0.25, 0.3) is 0 Å². The Morgan fingerprint density at radius 3 is 2.64 bits per heavy atom. The van der Waals surface area contributed by atoms with Gasteiger partial charge >= 0.3 is 6.03 Å². The normalized spacial score (nSPS) is 21.8. The van der Waals surface area contributed by atoms with Gasteiger partial charge in [-0.1, -0.05) is 17.7 Å². The molecule has 0 aromatic heterocycles. The minimum absolute atomic E-state index is 0.0423. The largest absolute Gasteiger partial charge is 0.381 e. The summed E-state index contributed by atoms with van der Waals surface area (Å²) in [5.41, 5.74) is 8.18. The molecule has 0 aliphatic carbocycles. The van der Waals surface area contributed by atoms with E-state index in [1.54, 1.807) is 0 Å². The Labute approximate surface area is 167 Å². The maximum atomic E-state index is 12.8. The molecule has 2 unspecified atom stereocenters. The first-order chi connectivity index (χ1) is 13.5. The number of carbonyl (C=O) groups is 2. The number of hydrogen-bond donors (Lipinski definition) is 3. The van der Waals surface area contributed by atoms with Crippen LogP contribution in [0.5, 0.6) is 0 Å². The number of likely N-dealkylation sites (tertiary alicyclic amines) is 1. The van der Waals surface area contributed by atoms with Crippen LogP contribution in [-0.4, -0.2) is 55.7 Å². The van der Waals surface area contributed by atoms with E-state index < -0.39 is 6.04 Å². The number of carbonyl (C=O) groups excluding carboxylic acids is 2. The van der Waals surface area contributed by atoms with Gasteiger partial charge in [0.05, 0.1) is 6.04 Å². The van der Waals surface area contributed by atoms with Crippen molar-refractivity contribution in [2.75, 3.05) is 38.2 Å². The van der Waals surface area contributed by atoms with Crippen molar-refractivity contribution in [2.24, 2.45) is 17.6 Å². The van der Waals surface area contributed by atoms with Crippen LogP contribution in [-0.2, 0) is 9.53 Å². The molecule has 2 aliphatic heterocycles. The second-order valence-corrected chi connectivity index (χ2v) is 7.97. The molecule has 154 valence electrons. The zero-order chi connectivity index (χ0) is 19.9. The topological polar surface area (TPSA) is 96.7 Å². The van der Waals surface area contributed by atoms with Crippen LogP contribution in [0.1, 0.15) is 31.2 Å². The first kappa shape index (κ1) is 20.6. The highest BCUT2D eigenvalue weighted by Gasteiger charge is 2.32. The lowest BCUT2D eigenvalue weighted by Crippen LogP contribution is -2.52. The Hall–Kier alpha value is -2.12. The number of amides is 3. The lowest BCUT2D eigenvalue weighted by atomic mass is 9.90. The van der Waals surface area contributed by atoms with Crippen molar-refractivity contribution >= 4 is 17.6 Å². The van der Waals surface area contributed by atoms with E-state index in [-0.39, 0.29) is 23.8 Å². The van der Waals surface area contributed by atoms with E-state index in [0.717, 1.165) is 43.5 Å². The monoisotopic (exact) mass is 388 g/mol. The van der Waals surface area contributed by atoms with Gasteiger partial charge in [-0.3, -0.25) is 4.79 Å². The minimum Gasteiger partial charge on any atom is -0.381 e. The number of ether oxygens (including phenoxy) is 1. The molecule has 7 heteroatoms. The number of rotatable bonds is 5. The molecule has 0 saturated carbocycles. The van der Waals surface area contributed by atoms with Crippen molar-refractivity contribution in [3.63, 3.8) is 0 Å². The van der Waals surface area contributed by atoms with Crippen molar-refractivity contribution < 1.29 is 14.3 Å². The van der Waals surface area contributed by atoms with Crippen molar-refractivity contribution in [2.45, 2.75) is 38.6 Å². The molecule has 0 radical (unpaired) electrons. The average Bonchev–Trinajstić information content (AvgIpc) is 2.74. The number of benzene rings is 1. The van der Waals surface area contributed by atoms with Gasteiger partial charge in [-0.05, 0) is 56.6 Å². The quantitative estimate of drug-likeness (QED) is 0.720. The van der Waals surface area contributed by atoms with E-state index in [9.17, 15) is 9.59 Å². The lowest BCUT2D eigenvalue weighted by molar-refractivity contribution is -0.136. The third kappa shape index (κ3) is 5.69. The van der Waals surface area contributed by atoms with Crippen molar-refractivity contribution in [1.82, 2.24) is 10.2 Å². The summed E-state index contributed by atoms with van der Waals surface area (Å²) in [6.45, 7) is 5.34. The van der Waals surface area contributed by atoms with Gasteiger partial charge in [-0.15, -0.1) is 0 Å². The van der Waals surface area contributed by atoms with E-state index in [1.165, 1.54) is 0 Å².